The summed E-state index contributed by atoms with van der Waals surface area (Å²) >= 11 is 5.63. The zero-order valence-electron chi connectivity index (χ0n) is 5.76. The molecule has 1 aromatic heterocycles. The second kappa shape index (κ2) is 2.88. The third kappa shape index (κ3) is 1.39. The molecule has 0 unspecified atom stereocenters. The molecule has 0 bridgehead atoms. The standard InChI is InChI=1S/C7H9ClN2/c1-2-6-5(9)3-4-7(8)10-6/h3-4H,2,9H2,1H3. The first kappa shape index (κ1) is 7.35. The van der Waals surface area contributed by atoms with Gasteiger partial charge in [0.2, 0.25) is 0 Å². The van der Waals surface area contributed by atoms with Crippen LogP contribution in [0, 0.1) is 0 Å². The van der Waals surface area contributed by atoms with Crippen LogP contribution in [0.2, 0.25) is 5.15 Å². The van der Waals surface area contributed by atoms with E-state index in [1.54, 1.807) is 12.1 Å². The van der Waals surface area contributed by atoms with Gasteiger partial charge >= 0.3 is 0 Å². The average Bonchev–Trinajstić information content (AvgIpc) is 1.94. The van der Waals surface area contributed by atoms with Crippen LogP contribution in [-0.4, -0.2) is 4.98 Å². The van der Waals surface area contributed by atoms with Crippen molar-refractivity contribution < 1.29 is 0 Å². The molecule has 1 aromatic rings. The number of nitrogens with two attached hydrogens (primary N) is 1. The quantitative estimate of drug-likeness (QED) is 0.631. The van der Waals surface area contributed by atoms with Gasteiger partial charge in [0.15, 0.2) is 0 Å². The van der Waals surface area contributed by atoms with E-state index in [1.165, 1.54) is 0 Å². The van der Waals surface area contributed by atoms with Gasteiger partial charge in [-0.1, -0.05) is 18.5 Å². The maximum Gasteiger partial charge on any atom is 0.129 e. The molecule has 54 valence electrons. The molecule has 1 rings (SSSR count). The molecule has 10 heavy (non-hydrogen) atoms. The highest BCUT2D eigenvalue weighted by Crippen LogP contribution is 2.12. The van der Waals surface area contributed by atoms with E-state index in [1.807, 2.05) is 6.92 Å². The zero-order valence-corrected chi connectivity index (χ0v) is 6.52. The Bertz CT molecular complexity index is 235. The first-order valence-electron chi connectivity index (χ1n) is 3.15. The maximum atomic E-state index is 5.63. The van der Waals surface area contributed by atoms with Gasteiger partial charge < -0.3 is 5.73 Å². The van der Waals surface area contributed by atoms with Crippen LogP contribution in [-0.2, 0) is 6.42 Å². The summed E-state index contributed by atoms with van der Waals surface area (Å²) in [6, 6.07) is 3.46. The maximum absolute atomic E-state index is 5.63. The van der Waals surface area contributed by atoms with E-state index >= 15 is 0 Å². The number of hydrogen-bond acceptors (Lipinski definition) is 2. The van der Waals surface area contributed by atoms with Gasteiger partial charge in [-0.3, -0.25) is 0 Å². The molecule has 0 aliphatic rings. The summed E-state index contributed by atoms with van der Waals surface area (Å²) < 4.78 is 0. The van der Waals surface area contributed by atoms with Crippen molar-refractivity contribution in [3.05, 3.63) is 23.0 Å². The molecular formula is C7H9ClN2. The van der Waals surface area contributed by atoms with E-state index in [2.05, 4.69) is 4.98 Å². The summed E-state index contributed by atoms with van der Waals surface area (Å²) in [5, 5.41) is 0.506. The fourth-order valence-electron chi connectivity index (χ4n) is 0.769. The molecule has 0 radical (unpaired) electrons. The van der Waals surface area contributed by atoms with Crippen molar-refractivity contribution in [3.63, 3.8) is 0 Å². The Morgan fingerprint density at radius 3 is 2.80 bits per heavy atom. The Kier molecular flexibility index (Phi) is 2.12. The lowest BCUT2D eigenvalue weighted by Gasteiger charge is -1.99. The molecule has 0 amide bonds. The molecule has 0 atom stereocenters. The summed E-state index contributed by atoms with van der Waals surface area (Å²) in [5.41, 5.74) is 7.16. The van der Waals surface area contributed by atoms with E-state index in [-0.39, 0.29) is 0 Å². The first-order chi connectivity index (χ1) is 4.74. The molecule has 0 aliphatic carbocycles. The van der Waals surface area contributed by atoms with E-state index < -0.39 is 0 Å². The minimum atomic E-state index is 0.506. The monoisotopic (exact) mass is 156 g/mol. The van der Waals surface area contributed by atoms with Crippen LogP contribution >= 0.6 is 11.6 Å². The third-order valence-electron chi connectivity index (χ3n) is 1.31. The number of nitrogens with zero attached hydrogens (tertiary/aromatic N) is 1. The molecule has 0 spiro atoms. The van der Waals surface area contributed by atoms with Crippen molar-refractivity contribution in [2.75, 3.05) is 5.73 Å². The Hall–Kier alpha value is -0.760. The van der Waals surface area contributed by atoms with Gasteiger partial charge in [-0.05, 0) is 18.6 Å². The van der Waals surface area contributed by atoms with Crippen LogP contribution in [0.1, 0.15) is 12.6 Å². The predicted molar refractivity (Wildman–Crippen MR) is 43.0 cm³/mol. The zero-order chi connectivity index (χ0) is 7.56. The number of aromatic nitrogens is 1. The van der Waals surface area contributed by atoms with Gasteiger partial charge in [0, 0.05) is 0 Å². The fourth-order valence-corrected chi connectivity index (χ4v) is 0.934. The van der Waals surface area contributed by atoms with Gasteiger partial charge in [0.25, 0.3) is 0 Å². The van der Waals surface area contributed by atoms with Crippen molar-refractivity contribution >= 4 is 17.3 Å². The van der Waals surface area contributed by atoms with Crippen LogP contribution in [0.5, 0.6) is 0 Å². The van der Waals surface area contributed by atoms with Crippen molar-refractivity contribution in [3.8, 4) is 0 Å². The number of anilines is 1. The summed E-state index contributed by atoms with van der Waals surface area (Å²) in [7, 11) is 0. The second-order valence-corrected chi connectivity index (χ2v) is 2.41. The molecule has 2 nitrogen and oxygen atoms in total. The number of pyridine rings is 1. The number of rotatable bonds is 1. The molecule has 0 aromatic carbocycles. The topological polar surface area (TPSA) is 38.9 Å². The summed E-state index contributed by atoms with van der Waals surface area (Å²) in [5.74, 6) is 0. The van der Waals surface area contributed by atoms with E-state index in [9.17, 15) is 0 Å². The van der Waals surface area contributed by atoms with Crippen LogP contribution < -0.4 is 5.73 Å². The minimum absolute atomic E-state index is 0.506. The molecule has 0 aliphatic heterocycles. The number of hydrogen-bond donors (Lipinski definition) is 1. The number of aryl methyl sites for hydroxylation is 1. The summed E-state index contributed by atoms with van der Waals surface area (Å²) in [4.78, 5) is 4.03. The Morgan fingerprint density at radius 1 is 1.60 bits per heavy atom. The number of halogens is 1. The van der Waals surface area contributed by atoms with Crippen LogP contribution in [0.15, 0.2) is 12.1 Å². The van der Waals surface area contributed by atoms with Gasteiger partial charge in [-0.15, -0.1) is 0 Å². The minimum Gasteiger partial charge on any atom is -0.397 e. The van der Waals surface area contributed by atoms with Crippen LogP contribution in [0.4, 0.5) is 5.69 Å². The molecule has 2 N–H and O–H groups in total. The van der Waals surface area contributed by atoms with E-state index in [0.717, 1.165) is 12.1 Å². The van der Waals surface area contributed by atoms with E-state index in [0.29, 0.717) is 10.8 Å². The molecule has 3 heteroatoms. The predicted octanol–water partition coefficient (Wildman–Crippen LogP) is 1.88. The number of nitrogen functional groups attached to an aromatic ring is 1. The Labute approximate surface area is 65.0 Å². The molecular weight excluding hydrogens is 148 g/mol. The molecule has 0 fully saturated rings. The van der Waals surface area contributed by atoms with Crippen molar-refractivity contribution in [2.45, 2.75) is 13.3 Å². The van der Waals surface area contributed by atoms with Crippen LogP contribution in [0.3, 0.4) is 0 Å². The van der Waals surface area contributed by atoms with Crippen molar-refractivity contribution in [1.82, 2.24) is 4.98 Å². The van der Waals surface area contributed by atoms with Gasteiger partial charge in [-0.25, -0.2) is 4.98 Å². The van der Waals surface area contributed by atoms with Gasteiger partial charge in [0.05, 0.1) is 11.4 Å². The van der Waals surface area contributed by atoms with Crippen molar-refractivity contribution in [2.24, 2.45) is 0 Å². The smallest absolute Gasteiger partial charge is 0.129 e. The first-order valence-corrected chi connectivity index (χ1v) is 3.52. The molecule has 0 saturated heterocycles. The lowest BCUT2D eigenvalue weighted by atomic mass is 10.2. The highest BCUT2D eigenvalue weighted by molar-refractivity contribution is 6.29. The van der Waals surface area contributed by atoms with Gasteiger partial charge in [0.1, 0.15) is 5.15 Å². The normalized spacial score (nSPS) is 9.80. The fraction of sp³-hybridized carbons (Fsp3) is 0.286. The van der Waals surface area contributed by atoms with E-state index in [4.69, 9.17) is 17.3 Å². The second-order valence-electron chi connectivity index (χ2n) is 2.02. The molecule has 1 heterocycles. The molecule has 0 saturated carbocycles. The Morgan fingerprint density at radius 2 is 2.30 bits per heavy atom. The lowest BCUT2D eigenvalue weighted by molar-refractivity contribution is 1.04. The van der Waals surface area contributed by atoms with Crippen LogP contribution in [0.25, 0.3) is 0 Å². The third-order valence-corrected chi connectivity index (χ3v) is 1.52. The lowest BCUT2D eigenvalue weighted by Crippen LogP contribution is -1.95. The summed E-state index contributed by atoms with van der Waals surface area (Å²) in [6.45, 7) is 2.00. The summed E-state index contributed by atoms with van der Waals surface area (Å²) in [6.07, 6.45) is 0.826. The average molecular weight is 157 g/mol. The Balaban J connectivity index is 3.09. The SMILES string of the molecule is CCc1nc(Cl)ccc1N. The highest BCUT2D eigenvalue weighted by atomic mass is 35.5. The highest BCUT2D eigenvalue weighted by Gasteiger charge is 1.97. The largest absolute Gasteiger partial charge is 0.397 e. The van der Waals surface area contributed by atoms with Gasteiger partial charge in [-0.2, -0.15) is 0 Å². The van der Waals surface area contributed by atoms with Crippen molar-refractivity contribution in [1.29, 1.82) is 0 Å².